The highest BCUT2D eigenvalue weighted by Crippen LogP contribution is 2.34. The number of halogens is 4. The van der Waals surface area contributed by atoms with Crippen molar-refractivity contribution in [3.8, 4) is 11.1 Å². The average Bonchev–Trinajstić information content (AvgIpc) is 2.79. The van der Waals surface area contributed by atoms with E-state index < -0.39 is 23.5 Å². The molecule has 3 N–H and O–H groups in total. The number of nitrogens with two attached hydrogens (primary N) is 1. The van der Waals surface area contributed by atoms with Crippen molar-refractivity contribution in [1.29, 1.82) is 0 Å². The Morgan fingerprint density at radius 3 is 2.31 bits per heavy atom. The molecule has 0 atom stereocenters. The van der Waals surface area contributed by atoms with Crippen molar-refractivity contribution < 1.29 is 22.4 Å². The lowest BCUT2D eigenvalue weighted by Gasteiger charge is -2.23. The second-order valence-electron chi connectivity index (χ2n) is 8.15. The van der Waals surface area contributed by atoms with E-state index in [2.05, 4.69) is 20.3 Å². The number of nitrogen functional groups attached to an aromatic ring is 1. The van der Waals surface area contributed by atoms with Crippen LogP contribution in [0.5, 0.6) is 0 Å². The number of hydrogen-bond acceptors (Lipinski definition) is 7. The van der Waals surface area contributed by atoms with Crippen LogP contribution < -0.4 is 16.0 Å². The molecule has 0 aliphatic heterocycles. The van der Waals surface area contributed by atoms with Gasteiger partial charge in [-0.1, -0.05) is 6.07 Å². The monoisotopic (exact) mass is 491 g/mol. The Labute approximate surface area is 199 Å². The predicted octanol–water partition coefficient (Wildman–Crippen LogP) is 3.92. The summed E-state index contributed by atoms with van der Waals surface area (Å²) < 4.78 is 54.5. The molecule has 0 saturated carbocycles. The maximum absolute atomic E-state index is 14.5. The van der Waals surface area contributed by atoms with Crippen molar-refractivity contribution in [2.75, 3.05) is 50.2 Å². The molecule has 0 saturated heterocycles. The Morgan fingerprint density at radius 2 is 1.69 bits per heavy atom. The first-order chi connectivity index (χ1) is 16.5. The van der Waals surface area contributed by atoms with E-state index in [4.69, 9.17) is 5.73 Å². The van der Waals surface area contributed by atoms with Crippen LogP contribution in [0.3, 0.4) is 0 Å². The van der Waals surface area contributed by atoms with Gasteiger partial charge in [0.05, 0.1) is 16.8 Å². The Hall–Kier alpha value is -3.80. The van der Waals surface area contributed by atoms with Crippen LogP contribution in [-0.2, 0) is 6.18 Å². The molecule has 0 spiro atoms. The van der Waals surface area contributed by atoms with Gasteiger partial charge in [-0.15, -0.1) is 0 Å². The molecule has 0 radical (unpaired) electrons. The van der Waals surface area contributed by atoms with Crippen LogP contribution in [-0.4, -0.2) is 60.0 Å². The van der Waals surface area contributed by atoms with Gasteiger partial charge in [0, 0.05) is 37.7 Å². The van der Waals surface area contributed by atoms with E-state index in [1.54, 1.807) is 11.9 Å². The Morgan fingerprint density at radius 1 is 1.00 bits per heavy atom. The second-order valence-corrected chi connectivity index (χ2v) is 8.15. The van der Waals surface area contributed by atoms with Crippen molar-refractivity contribution in [3.63, 3.8) is 0 Å². The predicted molar refractivity (Wildman–Crippen MR) is 125 cm³/mol. The minimum atomic E-state index is -4.67. The Kier molecular flexibility index (Phi) is 7.85. The molecule has 0 unspecified atom stereocenters. The van der Waals surface area contributed by atoms with E-state index in [-0.39, 0.29) is 23.0 Å². The molecule has 0 aliphatic carbocycles. The number of hydrogen-bond donors (Lipinski definition) is 2. The number of anilines is 3. The quantitative estimate of drug-likeness (QED) is 0.461. The number of alkyl halides is 3. The molecule has 0 fully saturated rings. The highest BCUT2D eigenvalue weighted by molar-refractivity contribution is 6.06. The third-order valence-electron chi connectivity index (χ3n) is 5.12. The van der Waals surface area contributed by atoms with Crippen LogP contribution in [0.25, 0.3) is 11.1 Å². The van der Waals surface area contributed by atoms with E-state index >= 15 is 0 Å². The highest BCUT2D eigenvalue weighted by atomic mass is 19.4. The molecular formula is C23H25F4N7O. The molecular weight excluding hydrogens is 466 g/mol. The first kappa shape index (κ1) is 25.8. The van der Waals surface area contributed by atoms with Crippen molar-refractivity contribution in [3.05, 3.63) is 59.8 Å². The molecule has 12 heteroatoms. The molecule has 2 aromatic heterocycles. The zero-order chi connectivity index (χ0) is 25.8. The third-order valence-corrected chi connectivity index (χ3v) is 5.12. The lowest BCUT2D eigenvalue weighted by atomic mass is 10.0. The molecule has 3 rings (SSSR count). The Bertz CT molecular complexity index is 1180. The molecule has 35 heavy (non-hydrogen) atoms. The molecule has 8 nitrogen and oxygen atoms in total. The van der Waals surface area contributed by atoms with Crippen LogP contribution in [0.4, 0.5) is 35.0 Å². The third kappa shape index (κ3) is 6.63. The second kappa shape index (κ2) is 10.6. The van der Waals surface area contributed by atoms with Crippen LogP contribution >= 0.6 is 0 Å². The van der Waals surface area contributed by atoms with E-state index in [1.807, 2.05) is 19.0 Å². The van der Waals surface area contributed by atoms with Gasteiger partial charge in [-0.25, -0.2) is 19.3 Å². The van der Waals surface area contributed by atoms with Gasteiger partial charge in [-0.2, -0.15) is 13.2 Å². The summed E-state index contributed by atoms with van der Waals surface area (Å²) in [5.74, 6) is -1.59. The summed E-state index contributed by atoms with van der Waals surface area (Å²) in [5, 5.41) is 2.40. The topological polar surface area (TPSA) is 100 Å². The van der Waals surface area contributed by atoms with Crippen LogP contribution in [0.1, 0.15) is 22.3 Å². The summed E-state index contributed by atoms with van der Waals surface area (Å²) in [5.41, 5.74) is 4.81. The number of nitrogens with zero attached hydrogens (tertiary/aromatic N) is 5. The van der Waals surface area contributed by atoms with Gasteiger partial charge >= 0.3 is 6.18 Å². The molecule has 2 heterocycles. The van der Waals surface area contributed by atoms with Gasteiger partial charge in [-0.3, -0.25) is 4.79 Å². The van der Waals surface area contributed by atoms with Gasteiger partial charge in [0.15, 0.2) is 5.82 Å². The first-order valence-electron chi connectivity index (χ1n) is 10.6. The number of nitrogens with one attached hydrogen (secondary N) is 1. The summed E-state index contributed by atoms with van der Waals surface area (Å²) in [6, 6.07) is 4.56. The fourth-order valence-corrected chi connectivity index (χ4v) is 3.29. The lowest BCUT2D eigenvalue weighted by molar-refractivity contribution is -0.137. The summed E-state index contributed by atoms with van der Waals surface area (Å²) in [6.45, 7) is 1.22. The average molecular weight is 491 g/mol. The molecule has 0 aliphatic rings. The van der Waals surface area contributed by atoms with E-state index in [9.17, 15) is 22.4 Å². The van der Waals surface area contributed by atoms with E-state index in [0.29, 0.717) is 30.3 Å². The number of rotatable bonds is 8. The number of carbonyl (C=O) groups excluding carboxylic acids is 1. The highest BCUT2D eigenvalue weighted by Gasteiger charge is 2.32. The SMILES string of the molecule is CN(C)CCCN(C)c1ncc(C(F)(F)F)cc1NC(=O)c1cc(-c2cnc(N)nc2)ccc1F. The fraction of sp³-hybridized carbons (Fsp3) is 0.304. The number of benzene rings is 1. The summed E-state index contributed by atoms with van der Waals surface area (Å²) in [7, 11) is 5.46. The standard InChI is InChI=1S/C23H25F4N7O/c1-33(2)7-4-8-34(3)20-19(10-16(13-29-20)23(25,26)27)32-21(35)17-9-14(5-6-18(17)24)15-11-30-22(28)31-12-15/h5-6,9-13H,4,7-8H2,1-3H3,(H,32,35)(H2,28,30,31). The van der Waals surface area contributed by atoms with Crippen molar-refractivity contribution in [1.82, 2.24) is 19.9 Å². The van der Waals surface area contributed by atoms with E-state index in [0.717, 1.165) is 18.7 Å². The molecule has 0 bridgehead atoms. The molecule has 3 aromatic rings. The number of amides is 1. The van der Waals surface area contributed by atoms with E-state index in [1.165, 1.54) is 24.5 Å². The zero-order valence-corrected chi connectivity index (χ0v) is 19.4. The smallest absolute Gasteiger partial charge is 0.368 e. The van der Waals surface area contributed by atoms with Gasteiger partial charge in [0.1, 0.15) is 5.82 Å². The van der Waals surface area contributed by atoms with Gasteiger partial charge in [0.2, 0.25) is 5.95 Å². The van der Waals surface area contributed by atoms with Gasteiger partial charge < -0.3 is 20.9 Å². The van der Waals surface area contributed by atoms with Gasteiger partial charge in [0.25, 0.3) is 5.91 Å². The van der Waals surface area contributed by atoms with Crippen molar-refractivity contribution in [2.45, 2.75) is 12.6 Å². The van der Waals surface area contributed by atoms with Gasteiger partial charge in [-0.05, 0) is 50.8 Å². The molecule has 1 amide bonds. The molecule has 186 valence electrons. The van der Waals surface area contributed by atoms with Crippen LogP contribution in [0.2, 0.25) is 0 Å². The fourth-order valence-electron chi connectivity index (χ4n) is 3.29. The number of aromatic nitrogens is 3. The normalized spacial score (nSPS) is 11.5. The minimum Gasteiger partial charge on any atom is -0.368 e. The van der Waals surface area contributed by atoms with Crippen LogP contribution in [0, 0.1) is 5.82 Å². The largest absolute Gasteiger partial charge is 0.417 e. The minimum absolute atomic E-state index is 0.0492. The van der Waals surface area contributed by atoms with Crippen molar-refractivity contribution in [2.24, 2.45) is 0 Å². The lowest BCUT2D eigenvalue weighted by Crippen LogP contribution is -2.26. The maximum Gasteiger partial charge on any atom is 0.417 e. The summed E-state index contributed by atoms with van der Waals surface area (Å²) in [4.78, 5) is 28.3. The molecule has 1 aromatic carbocycles. The maximum atomic E-state index is 14.5. The first-order valence-corrected chi connectivity index (χ1v) is 10.6. The Balaban J connectivity index is 1.93. The van der Waals surface area contributed by atoms with Crippen molar-refractivity contribution >= 4 is 23.4 Å². The zero-order valence-electron chi connectivity index (χ0n) is 19.4. The van der Waals surface area contributed by atoms with Crippen LogP contribution in [0.15, 0.2) is 42.9 Å². The summed E-state index contributed by atoms with van der Waals surface area (Å²) in [6.07, 6.45) is -0.436. The summed E-state index contributed by atoms with van der Waals surface area (Å²) >= 11 is 0. The number of pyridine rings is 1. The number of carbonyl (C=O) groups is 1.